The van der Waals surface area contributed by atoms with Gasteiger partial charge in [-0.1, -0.05) is 18.2 Å². The van der Waals surface area contributed by atoms with Gasteiger partial charge in [-0.25, -0.2) is 0 Å². The molecule has 29 heavy (non-hydrogen) atoms. The first kappa shape index (κ1) is 19.1. The first-order chi connectivity index (χ1) is 13.6. The van der Waals surface area contributed by atoms with Crippen LogP contribution in [0.3, 0.4) is 0 Å². The van der Waals surface area contributed by atoms with Crippen LogP contribution < -0.4 is 14.3 Å². The van der Waals surface area contributed by atoms with E-state index in [1.165, 1.54) is 30.3 Å². The molecule has 0 atom stereocenters. The highest BCUT2D eigenvalue weighted by Crippen LogP contribution is 2.40. The Bertz CT molecular complexity index is 1180. The van der Waals surface area contributed by atoms with Crippen LogP contribution in [0.15, 0.2) is 53.4 Å². The highest BCUT2D eigenvalue weighted by molar-refractivity contribution is 7.92. The maximum absolute atomic E-state index is 13.3. The van der Waals surface area contributed by atoms with Crippen LogP contribution in [0.2, 0.25) is 0 Å². The summed E-state index contributed by atoms with van der Waals surface area (Å²) < 4.78 is 75.6. The van der Waals surface area contributed by atoms with Gasteiger partial charge in [0.25, 0.3) is 10.0 Å². The van der Waals surface area contributed by atoms with E-state index in [9.17, 15) is 21.6 Å². The van der Waals surface area contributed by atoms with Gasteiger partial charge in [-0.2, -0.15) is 31.2 Å². The molecule has 0 bridgehead atoms. The molecule has 11 heteroatoms. The first-order valence-corrected chi connectivity index (χ1v) is 9.79. The van der Waals surface area contributed by atoms with Gasteiger partial charge in [0.15, 0.2) is 17.2 Å². The molecule has 1 N–H and O–H groups in total. The molecule has 1 aliphatic rings. The zero-order valence-electron chi connectivity index (χ0n) is 14.9. The summed E-state index contributed by atoms with van der Waals surface area (Å²) in [6.07, 6.45) is -4.76. The third-order valence-corrected chi connectivity index (χ3v) is 5.52. The lowest BCUT2D eigenvalue weighted by Crippen LogP contribution is -2.25. The summed E-state index contributed by atoms with van der Waals surface area (Å²) >= 11 is 0. The fraction of sp³-hybridized carbons (Fsp3) is 0.167. The number of sulfonamides is 1. The molecule has 0 aliphatic carbocycles. The van der Waals surface area contributed by atoms with Crippen LogP contribution in [0, 0.1) is 6.92 Å². The third-order valence-electron chi connectivity index (χ3n) is 4.21. The lowest BCUT2D eigenvalue weighted by atomic mass is 10.1. The number of fused-ring (bicyclic) bond motifs is 1. The molecule has 0 amide bonds. The molecule has 0 saturated heterocycles. The Kier molecular flexibility index (Phi) is 4.41. The average Bonchev–Trinajstić information content (AvgIpc) is 3.29. The van der Waals surface area contributed by atoms with E-state index in [2.05, 4.69) is 9.93 Å². The second-order valence-electron chi connectivity index (χ2n) is 6.26. The van der Waals surface area contributed by atoms with Gasteiger partial charge < -0.3 is 9.47 Å². The minimum absolute atomic E-state index is 0.00662. The molecular formula is C18H14F3N3O4S. The second kappa shape index (κ2) is 6.69. The van der Waals surface area contributed by atoms with Crippen LogP contribution in [0.4, 0.5) is 13.2 Å². The van der Waals surface area contributed by atoms with Crippen molar-refractivity contribution in [2.75, 3.05) is 11.6 Å². The largest absolute Gasteiger partial charge is 0.454 e. The number of aromatic nitrogens is 2. The van der Waals surface area contributed by atoms with Crippen molar-refractivity contribution < 1.29 is 31.1 Å². The van der Waals surface area contributed by atoms with Gasteiger partial charge in [0.2, 0.25) is 6.79 Å². The summed E-state index contributed by atoms with van der Waals surface area (Å²) in [7, 11) is -4.17. The zero-order chi connectivity index (χ0) is 20.8. The fourth-order valence-corrected chi connectivity index (χ4v) is 3.88. The van der Waals surface area contributed by atoms with Crippen molar-refractivity contribution in [3.8, 4) is 22.8 Å². The van der Waals surface area contributed by atoms with Crippen molar-refractivity contribution >= 4 is 10.0 Å². The zero-order valence-corrected chi connectivity index (χ0v) is 15.7. The molecule has 0 fully saturated rings. The van der Waals surface area contributed by atoms with E-state index in [0.717, 1.165) is 6.07 Å². The first-order valence-electron chi connectivity index (χ1n) is 8.31. The molecule has 3 aromatic rings. The van der Waals surface area contributed by atoms with Crippen LogP contribution in [0.25, 0.3) is 11.3 Å². The van der Waals surface area contributed by atoms with Gasteiger partial charge in [-0.3, -0.25) is 0 Å². The fourth-order valence-electron chi connectivity index (χ4n) is 2.89. The van der Waals surface area contributed by atoms with E-state index in [1.54, 1.807) is 19.1 Å². The molecule has 0 saturated carbocycles. The average molecular weight is 425 g/mol. The summed E-state index contributed by atoms with van der Waals surface area (Å²) in [5.41, 5.74) is -0.426. The van der Waals surface area contributed by atoms with Gasteiger partial charge in [0.05, 0.1) is 10.6 Å². The quantitative estimate of drug-likeness (QED) is 0.692. The molecule has 0 spiro atoms. The molecular weight excluding hydrogens is 411 g/mol. The number of aryl methyl sites for hydroxylation is 1. The SMILES string of the molecule is Cc1cc(-c2cc(C(F)(F)F)nn2NS(=O)(=O)c2ccccc2)cc2c1OCO2. The Hall–Kier alpha value is -3.21. The molecule has 0 unspecified atom stereocenters. The van der Waals surface area contributed by atoms with E-state index in [0.29, 0.717) is 21.9 Å². The smallest absolute Gasteiger partial charge is 0.435 e. The van der Waals surface area contributed by atoms with Crippen LogP contribution in [-0.4, -0.2) is 25.1 Å². The van der Waals surface area contributed by atoms with Crippen molar-refractivity contribution in [1.29, 1.82) is 0 Å². The van der Waals surface area contributed by atoms with Gasteiger partial charge in [0.1, 0.15) is 0 Å². The second-order valence-corrected chi connectivity index (χ2v) is 7.92. The van der Waals surface area contributed by atoms with Gasteiger partial charge in [0, 0.05) is 5.56 Å². The summed E-state index contributed by atoms with van der Waals surface area (Å²) in [6.45, 7) is 1.70. The molecule has 0 radical (unpaired) electrons. The summed E-state index contributed by atoms with van der Waals surface area (Å²) in [5.74, 6) is 0.841. The van der Waals surface area contributed by atoms with E-state index >= 15 is 0 Å². The third kappa shape index (κ3) is 3.60. The monoisotopic (exact) mass is 425 g/mol. The van der Waals surface area contributed by atoms with Crippen molar-refractivity contribution in [1.82, 2.24) is 9.89 Å². The molecule has 1 aromatic heterocycles. The maximum Gasteiger partial charge on any atom is 0.435 e. The Balaban J connectivity index is 1.83. The predicted molar refractivity (Wildman–Crippen MR) is 96.5 cm³/mol. The molecule has 2 aromatic carbocycles. The molecule has 1 aliphatic heterocycles. The normalized spacial score (nSPS) is 13.5. The summed E-state index contributed by atoms with van der Waals surface area (Å²) in [5, 5.41) is 3.42. The van der Waals surface area contributed by atoms with Crippen molar-refractivity contribution in [2.24, 2.45) is 0 Å². The number of nitrogens with zero attached hydrogens (tertiary/aromatic N) is 2. The number of halogens is 3. The van der Waals surface area contributed by atoms with E-state index in [1.807, 2.05) is 0 Å². The Morgan fingerprint density at radius 2 is 1.83 bits per heavy atom. The van der Waals surface area contributed by atoms with Gasteiger partial charge in [-0.15, -0.1) is 5.10 Å². The highest BCUT2D eigenvalue weighted by Gasteiger charge is 2.36. The number of alkyl halides is 3. The van der Waals surface area contributed by atoms with E-state index in [4.69, 9.17) is 9.47 Å². The minimum Gasteiger partial charge on any atom is -0.454 e. The minimum atomic E-state index is -4.76. The number of hydrogen-bond acceptors (Lipinski definition) is 5. The van der Waals surface area contributed by atoms with Crippen molar-refractivity contribution in [2.45, 2.75) is 18.0 Å². The topological polar surface area (TPSA) is 82.5 Å². The van der Waals surface area contributed by atoms with Crippen LogP contribution in [-0.2, 0) is 16.2 Å². The predicted octanol–water partition coefficient (Wildman–Crippen LogP) is 3.54. The molecule has 2 heterocycles. The lowest BCUT2D eigenvalue weighted by Gasteiger charge is -2.12. The number of benzene rings is 2. The maximum atomic E-state index is 13.3. The summed E-state index contributed by atoms with van der Waals surface area (Å²) in [6, 6.07) is 11.1. The lowest BCUT2D eigenvalue weighted by molar-refractivity contribution is -0.141. The molecule has 4 rings (SSSR count). The van der Waals surface area contributed by atoms with Crippen molar-refractivity contribution in [3.05, 3.63) is 59.8 Å². The Morgan fingerprint density at radius 1 is 1.10 bits per heavy atom. The number of ether oxygens (including phenoxy) is 2. The van der Waals surface area contributed by atoms with Crippen LogP contribution >= 0.6 is 0 Å². The van der Waals surface area contributed by atoms with Crippen LogP contribution in [0.5, 0.6) is 11.5 Å². The van der Waals surface area contributed by atoms with Gasteiger partial charge in [-0.05, 0) is 42.8 Å². The summed E-state index contributed by atoms with van der Waals surface area (Å²) in [4.78, 5) is 2.57. The van der Waals surface area contributed by atoms with E-state index < -0.39 is 21.9 Å². The Labute approximate surface area is 163 Å². The number of rotatable bonds is 4. The Morgan fingerprint density at radius 3 is 2.52 bits per heavy atom. The highest BCUT2D eigenvalue weighted by atomic mass is 32.2. The molecule has 7 nitrogen and oxygen atoms in total. The van der Waals surface area contributed by atoms with E-state index in [-0.39, 0.29) is 22.9 Å². The number of nitrogens with one attached hydrogen (secondary N) is 1. The van der Waals surface area contributed by atoms with Crippen molar-refractivity contribution in [3.63, 3.8) is 0 Å². The number of hydrogen-bond donors (Lipinski definition) is 1. The molecule has 152 valence electrons. The van der Waals surface area contributed by atoms with Gasteiger partial charge >= 0.3 is 6.18 Å². The standard InChI is InChI=1S/C18H14F3N3O4S/c1-11-7-12(8-15-17(11)28-10-27-15)14-9-16(18(19,20)21)22-24(14)23-29(25,26)13-5-3-2-4-6-13/h2-9,23H,10H2,1H3. The van der Waals surface area contributed by atoms with Crippen LogP contribution in [0.1, 0.15) is 11.3 Å².